The number of carbonyl (C=O) groups is 1. The Morgan fingerprint density at radius 1 is 0.857 bits per heavy atom. The summed E-state index contributed by atoms with van der Waals surface area (Å²) in [6.45, 7) is 3.20. The second kappa shape index (κ2) is 9.47. The highest BCUT2D eigenvalue weighted by Crippen LogP contribution is 2.46. The standard InChI is InChI=1S/C29H24FO4S/c1-29(2,20-8-7-9-21(30)18-20)34-28(31)19-32-22-14-16-23(17-15-22)35-26-12-5-3-10-24(26)33-25-11-4-6-13-27(25)35/h3-18H,19H2,1-2H3/q+1. The van der Waals surface area contributed by atoms with Gasteiger partial charge in [0.05, 0.1) is 0 Å². The number of ether oxygens (including phenoxy) is 3. The van der Waals surface area contributed by atoms with E-state index in [1.807, 2.05) is 60.7 Å². The number of rotatable bonds is 6. The molecule has 0 radical (unpaired) electrons. The molecule has 0 unspecified atom stereocenters. The number of carbonyl (C=O) groups excluding carboxylic acids is 1. The van der Waals surface area contributed by atoms with Crippen LogP contribution in [-0.2, 0) is 26.0 Å². The Hall–Kier alpha value is -3.77. The quantitative estimate of drug-likeness (QED) is 0.193. The van der Waals surface area contributed by atoms with Gasteiger partial charge in [0.1, 0.15) is 28.1 Å². The number of halogens is 1. The minimum atomic E-state index is -0.975. The van der Waals surface area contributed by atoms with Crippen LogP contribution >= 0.6 is 0 Å². The molecular formula is C29H24FO4S+. The molecule has 1 aliphatic rings. The van der Waals surface area contributed by atoms with Gasteiger partial charge in [-0.15, -0.1) is 0 Å². The third kappa shape index (κ3) is 4.88. The molecule has 0 aromatic heterocycles. The maximum absolute atomic E-state index is 13.6. The highest BCUT2D eigenvalue weighted by Gasteiger charge is 2.38. The van der Waals surface area contributed by atoms with Gasteiger partial charge < -0.3 is 14.2 Å². The zero-order chi connectivity index (χ0) is 24.4. The highest BCUT2D eigenvalue weighted by atomic mass is 32.2. The lowest BCUT2D eigenvalue weighted by atomic mass is 9.98. The predicted octanol–water partition coefficient (Wildman–Crippen LogP) is 6.88. The van der Waals surface area contributed by atoms with Gasteiger partial charge in [0.2, 0.25) is 9.79 Å². The zero-order valence-electron chi connectivity index (χ0n) is 19.4. The zero-order valence-corrected chi connectivity index (χ0v) is 20.2. The second-order valence-corrected chi connectivity index (χ2v) is 10.5. The number of para-hydroxylation sites is 2. The average Bonchev–Trinajstić information content (AvgIpc) is 2.86. The average molecular weight is 488 g/mol. The van der Waals surface area contributed by atoms with Gasteiger partial charge in [0, 0.05) is 0 Å². The Bertz CT molecular complexity index is 1320. The van der Waals surface area contributed by atoms with Gasteiger partial charge in [0.25, 0.3) is 0 Å². The molecule has 0 atom stereocenters. The smallest absolute Gasteiger partial charge is 0.345 e. The summed E-state index contributed by atoms with van der Waals surface area (Å²) in [5.74, 6) is 1.38. The SMILES string of the molecule is CC(C)(OC(=O)COc1ccc([S+]2c3ccccc3Oc3ccccc32)cc1)c1cccc(F)c1. The molecule has 4 aromatic carbocycles. The molecule has 0 amide bonds. The first-order chi connectivity index (χ1) is 16.9. The Kier molecular flexibility index (Phi) is 6.22. The van der Waals surface area contributed by atoms with Gasteiger partial charge in [-0.3, -0.25) is 0 Å². The lowest BCUT2D eigenvalue weighted by molar-refractivity contribution is -0.159. The van der Waals surface area contributed by atoms with Crippen LogP contribution in [0.15, 0.2) is 112 Å². The van der Waals surface area contributed by atoms with Crippen LogP contribution in [0.3, 0.4) is 0 Å². The first kappa shape index (κ1) is 23.0. The van der Waals surface area contributed by atoms with Crippen LogP contribution in [0.5, 0.6) is 17.2 Å². The van der Waals surface area contributed by atoms with Gasteiger partial charge in [0.15, 0.2) is 23.0 Å². The lowest BCUT2D eigenvalue weighted by Crippen LogP contribution is -2.28. The molecule has 4 nitrogen and oxygen atoms in total. The third-order valence-electron chi connectivity index (χ3n) is 5.66. The molecule has 35 heavy (non-hydrogen) atoms. The number of esters is 1. The Labute approximate surface area is 206 Å². The highest BCUT2D eigenvalue weighted by molar-refractivity contribution is 7.97. The summed E-state index contributed by atoms with van der Waals surface area (Å²) >= 11 is 0. The van der Waals surface area contributed by atoms with E-state index in [4.69, 9.17) is 14.2 Å². The number of benzene rings is 4. The third-order valence-corrected chi connectivity index (χ3v) is 7.96. The van der Waals surface area contributed by atoms with E-state index in [1.165, 1.54) is 12.1 Å². The summed E-state index contributed by atoms with van der Waals surface area (Å²) in [5, 5.41) is 0. The Morgan fingerprint density at radius 3 is 2.11 bits per heavy atom. The summed E-state index contributed by atoms with van der Waals surface area (Å²) in [6.07, 6.45) is 0. The van der Waals surface area contributed by atoms with E-state index in [0.717, 1.165) is 26.2 Å². The first-order valence-corrected chi connectivity index (χ1v) is 12.4. The Morgan fingerprint density at radius 2 is 1.49 bits per heavy atom. The van der Waals surface area contributed by atoms with Gasteiger partial charge >= 0.3 is 5.97 Å². The molecule has 0 N–H and O–H groups in total. The molecule has 0 aliphatic carbocycles. The van der Waals surface area contributed by atoms with Crippen LogP contribution in [0, 0.1) is 5.82 Å². The molecule has 4 aromatic rings. The van der Waals surface area contributed by atoms with Gasteiger partial charge in [-0.05, 0) is 80.1 Å². The summed E-state index contributed by atoms with van der Waals surface area (Å²) in [4.78, 5) is 15.8. The molecular weight excluding hydrogens is 463 g/mol. The van der Waals surface area contributed by atoms with Crippen LogP contribution in [0.1, 0.15) is 19.4 Å². The van der Waals surface area contributed by atoms with Crippen molar-refractivity contribution in [2.75, 3.05) is 6.61 Å². The topological polar surface area (TPSA) is 44.8 Å². The molecule has 5 rings (SSSR count). The van der Waals surface area contributed by atoms with Crippen molar-refractivity contribution in [3.05, 3.63) is 108 Å². The largest absolute Gasteiger partial charge is 0.482 e. The molecule has 0 spiro atoms. The maximum Gasteiger partial charge on any atom is 0.345 e. The fourth-order valence-electron chi connectivity index (χ4n) is 3.95. The van der Waals surface area contributed by atoms with Crippen molar-refractivity contribution >= 4 is 16.9 Å². The first-order valence-electron chi connectivity index (χ1n) is 11.2. The number of hydrogen-bond acceptors (Lipinski definition) is 4. The van der Waals surface area contributed by atoms with Crippen molar-refractivity contribution in [2.24, 2.45) is 0 Å². The van der Waals surface area contributed by atoms with Crippen molar-refractivity contribution in [1.29, 1.82) is 0 Å². The van der Waals surface area contributed by atoms with Crippen LogP contribution in [-0.4, -0.2) is 12.6 Å². The van der Waals surface area contributed by atoms with Gasteiger partial charge in [-0.25, -0.2) is 9.18 Å². The fourth-order valence-corrected chi connectivity index (χ4v) is 6.15. The van der Waals surface area contributed by atoms with Crippen molar-refractivity contribution in [3.63, 3.8) is 0 Å². The molecule has 0 bridgehead atoms. The Balaban J connectivity index is 1.29. The van der Waals surface area contributed by atoms with E-state index in [9.17, 15) is 9.18 Å². The van der Waals surface area contributed by atoms with E-state index in [1.54, 1.807) is 26.0 Å². The molecule has 0 fully saturated rings. The minimum absolute atomic E-state index is 0.247. The minimum Gasteiger partial charge on any atom is -0.482 e. The molecule has 0 saturated heterocycles. The lowest BCUT2D eigenvalue weighted by Gasteiger charge is -2.25. The summed E-state index contributed by atoms with van der Waals surface area (Å²) in [5.41, 5.74) is -0.398. The van der Waals surface area contributed by atoms with Crippen molar-refractivity contribution in [1.82, 2.24) is 0 Å². The molecule has 1 heterocycles. The monoisotopic (exact) mass is 487 g/mol. The molecule has 1 aliphatic heterocycles. The van der Waals surface area contributed by atoms with Crippen LogP contribution in [0.2, 0.25) is 0 Å². The van der Waals surface area contributed by atoms with E-state index in [2.05, 4.69) is 12.1 Å². The van der Waals surface area contributed by atoms with Crippen LogP contribution in [0.4, 0.5) is 4.39 Å². The second-order valence-electron chi connectivity index (χ2n) is 8.56. The van der Waals surface area contributed by atoms with E-state index < -0.39 is 11.6 Å². The van der Waals surface area contributed by atoms with Crippen LogP contribution in [0.25, 0.3) is 0 Å². The predicted molar refractivity (Wildman–Crippen MR) is 133 cm³/mol. The van der Waals surface area contributed by atoms with Crippen molar-refractivity contribution in [3.8, 4) is 17.2 Å². The van der Waals surface area contributed by atoms with Gasteiger partial charge in [-0.2, -0.15) is 0 Å². The molecule has 0 saturated carbocycles. The molecule has 176 valence electrons. The van der Waals surface area contributed by atoms with Gasteiger partial charge in [-0.1, -0.05) is 36.4 Å². The van der Waals surface area contributed by atoms with Crippen molar-refractivity contribution < 1.29 is 23.4 Å². The molecule has 6 heteroatoms. The number of hydrogen-bond donors (Lipinski definition) is 0. The number of fused-ring (bicyclic) bond motifs is 2. The maximum atomic E-state index is 13.6. The van der Waals surface area contributed by atoms with Crippen molar-refractivity contribution in [2.45, 2.75) is 34.1 Å². The summed E-state index contributed by atoms with van der Waals surface area (Å²) in [6, 6.07) is 29.9. The fraction of sp³-hybridized carbons (Fsp3) is 0.138. The normalized spacial score (nSPS) is 12.8. The van der Waals surface area contributed by atoms with Crippen LogP contribution < -0.4 is 9.47 Å². The summed E-state index contributed by atoms with van der Waals surface area (Å²) in [7, 11) is -0.318. The van der Waals surface area contributed by atoms with E-state index >= 15 is 0 Å². The van der Waals surface area contributed by atoms with E-state index in [-0.39, 0.29) is 23.3 Å². The summed E-state index contributed by atoms with van der Waals surface area (Å²) < 4.78 is 30.9. The van der Waals surface area contributed by atoms with E-state index in [0.29, 0.717) is 11.3 Å².